The number of aromatic nitrogens is 1. The van der Waals surface area contributed by atoms with Crippen molar-refractivity contribution in [2.75, 3.05) is 0 Å². The van der Waals surface area contributed by atoms with E-state index in [1.165, 1.54) is 6.07 Å². The van der Waals surface area contributed by atoms with Crippen LogP contribution in [-0.2, 0) is 11.2 Å². The third-order valence-electron chi connectivity index (χ3n) is 5.62. The zero-order valence-electron chi connectivity index (χ0n) is 20.8. The van der Waals surface area contributed by atoms with Gasteiger partial charge in [0.05, 0.1) is 12.1 Å². The van der Waals surface area contributed by atoms with Crippen molar-refractivity contribution < 1.29 is 14.6 Å². The van der Waals surface area contributed by atoms with E-state index in [4.69, 9.17) is 4.74 Å². The van der Waals surface area contributed by atoms with Crippen LogP contribution in [0.15, 0.2) is 65.5 Å². The first-order valence-corrected chi connectivity index (χ1v) is 11.5. The standard InChI is InChI=1S/C28H34N2O4/c1-18-10-9-13-23(14-18)30-20(3)15-22(17-25(30)31)26(32)24(29-27(33)34-28(4,5)6)16-21-12-8-7-11-19(21)2/h7-15,17,24,26,32H,16H2,1-6H3,(H,29,33). The number of ether oxygens (including phenoxy) is 1. The Labute approximate surface area is 201 Å². The van der Waals surface area contributed by atoms with E-state index in [1.807, 2.05) is 69.3 Å². The van der Waals surface area contributed by atoms with Gasteiger partial charge in [0.15, 0.2) is 0 Å². The number of alkyl carbamates (subject to hydrolysis) is 1. The van der Waals surface area contributed by atoms with Crippen LogP contribution in [0.3, 0.4) is 0 Å². The number of nitrogens with one attached hydrogen (secondary N) is 1. The monoisotopic (exact) mass is 462 g/mol. The first-order chi connectivity index (χ1) is 15.9. The molecule has 0 saturated carbocycles. The number of pyridine rings is 1. The predicted molar refractivity (Wildman–Crippen MR) is 135 cm³/mol. The molecule has 0 spiro atoms. The third kappa shape index (κ3) is 6.35. The van der Waals surface area contributed by atoms with Gasteiger partial charge in [0, 0.05) is 17.4 Å². The zero-order chi connectivity index (χ0) is 25.0. The van der Waals surface area contributed by atoms with E-state index in [2.05, 4.69) is 5.32 Å². The molecular weight excluding hydrogens is 428 g/mol. The van der Waals surface area contributed by atoms with Crippen LogP contribution < -0.4 is 10.9 Å². The van der Waals surface area contributed by atoms with Crippen molar-refractivity contribution in [2.24, 2.45) is 0 Å². The molecule has 0 aliphatic carbocycles. The summed E-state index contributed by atoms with van der Waals surface area (Å²) < 4.78 is 7.04. The summed E-state index contributed by atoms with van der Waals surface area (Å²) in [6.45, 7) is 11.1. The van der Waals surface area contributed by atoms with E-state index >= 15 is 0 Å². The summed E-state index contributed by atoms with van der Waals surface area (Å²) in [6, 6.07) is 18.0. The fourth-order valence-electron chi connectivity index (χ4n) is 4.01. The number of hydrogen-bond acceptors (Lipinski definition) is 4. The van der Waals surface area contributed by atoms with Crippen LogP contribution in [0.4, 0.5) is 4.79 Å². The Morgan fingerprint density at radius 1 is 1.03 bits per heavy atom. The summed E-state index contributed by atoms with van der Waals surface area (Å²) in [4.78, 5) is 25.6. The molecule has 0 fully saturated rings. The maximum absolute atomic E-state index is 13.1. The van der Waals surface area contributed by atoms with Crippen molar-refractivity contribution in [3.63, 3.8) is 0 Å². The van der Waals surface area contributed by atoms with E-state index in [-0.39, 0.29) is 5.56 Å². The molecule has 1 heterocycles. The lowest BCUT2D eigenvalue weighted by Crippen LogP contribution is -2.44. The largest absolute Gasteiger partial charge is 0.444 e. The molecule has 2 aromatic carbocycles. The maximum atomic E-state index is 13.1. The summed E-state index contributed by atoms with van der Waals surface area (Å²) in [5.41, 5.74) is 4.09. The molecule has 0 aliphatic heterocycles. The highest BCUT2D eigenvalue weighted by atomic mass is 16.6. The summed E-state index contributed by atoms with van der Waals surface area (Å²) in [7, 11) is 0. The molecule has 6 nitrogen and oxygen atoms in total. The topological polar surface area (TPSA) is 80.6 Å². The summed E-state index contributed by atoms with van der Waals surface area (Å²) in [6.07, 6.45) is -1.34. The number of nitrogens with zero attached hydrogens (tertiary/aromatic N) is 1. The minimum Gasteiger partial charge on any atom is -0.444 e. The fourth-order valence-corrected chi connectivity index (χ4v) is 4.01. The molecule has 2 N–H and O–H groups in total. The minimum atomic E-state index is -1.11. The Kier molecular flexibility index (Phi) is 7.62. The van der Waals surface area contributed by atoms with Gasteiger partial charge in [-0.05, 0) is 88.4 Å². The lowest BCUT2D eigenvalue weighted by atomic mass is 9.94. The highest BCUT2D eigenvalue weighted by molar-refractivity contribution is 5.68. The second-order valence-electron chi connectivity index (χ2n) is 9.77. The normalized spacial score (nSPS) is 13.3. The highest BCUT2D eigenvalue weighted by Crippen LogP contribution is 2.23. The van der Waals surface area contributed by atoms with Crippen molar-refractivity contribution >= 4 is 6.09 Å². The quantitative estimate of drug-likeness (QED) is 0.544. The van der Waals surface area contributed by atoms with Crippen molar-refractivity contribution in [1.82, 2.24) is 9.88 Å². The van der Waals surface area contributed by atoms with Crippen LogP contribution in [-0.4, -0.2) is 27.4 Å². The second kappa shape index (κ2) is 10.3. The van der Waals surface area contributed by atoms with Gasteiger partial charge < -0.3 is 15.2 Å². The molecule has 6 heteroatoms. The Morgan fingerprint density at radius 3 is 2.35 bits per heavy atom. The van der Waals surface area contributed by atoms with Gasteiger partial charge >= 0.3 is 6.09 Å². The Bertz CT molecular complexity index is 1220. The highest BCUT2D eigenvalue weighted by Gasteiger charge is 2.27. The van der Waals surface area contributed by atoms with Gasteiger partial charge in [0.1, 0.15) is 5.60 Å². The Morgan fingerprint density at radius 2 is 1.74 bits per heavy atom. The molecule has 0 saturated heterocycles. The molecule has 180 valence electrons. The molecule has 34 heavy (non-hydrogen) atoms. The molecule has 0 bridgehead atoms. The third-order valence-corrected chi connectivity index (χ3v) is 5.62. The van der Waals surface area contributed by atoms with E-state index in [0.29, 0.717) is 17.7 Å². The molecule has 0 radical (unpaired) electrons. The number of aliphatic hydroxyl groups excluding tert-OH is 1. The number of aryl methyl sites for hydroxylation is 3. The average Bonchev–Trinajstić information content (AvgIpc) is 2.72. The van der Waals surface area contributed by atoms with Gasteiger partial charge in [-0.15, -0.1) is 0 Å². The molecular formula is C28H34N2O4. The lowest BCUT2D eigenvalue weighted by Gasteiger charge is -2.28. The van der Waals surface area contributed by atoms with Gasteiger partial charge in [-0.3, -0.25) is 9.36 Å². The number of carbonyl (C=O) groups is 1. The van der Waals surface area contributed by atoms with Crippen LogP contribution in [0, 0.1) is 20.8 Å². The number of rotatable bonds is 6. The number of hydrogen-bond donors (Lipinski definition) is 2. The molecule has 1 amide bonds. The van der Waals surface area contributed by atoms with Crippen molar-refractivity contribution in [2.45, 2.75) is 65.7 Å². The smallest absolute Gasteiger partial charge is 0.407 e. The predicted octanol–water partition coefficient (Wildman–Crippen LogP) is 4.93. The lowest BCUT2D eigenvalue weighted by molar-refractivity contribution is 0.0421. The van der Waals surface area contributed by atoms with Crippen molar-refractivity contribution in [3.8, 4) is 5.69 Å². The van der Waals surface area contributed by atoms with Crippen molar-refractivity contribution in [3.05, 3.63) is 99.0 Å². The minimum absolute atomic E-state index is 0.244. The van der Waals surface area contributed by atoms with Gasteiger partial charge in [0.2, 0.25) is 0 Å². The van der Waals surface area contributed by atoms with Crippen LogP contribution in [0.2, 0.25) is 0 Å². The SMILES string of the molecule is Cc1cccc(-n2c(C)cc(C(O)C(Cc3ccccc3C)NC(=O)OC(C)(C)C)cc2=O)c1. The average molecular weight is 463 g/mol. The number of amides is 1. The van der Waals surface area contributed by atoms with Crippen LogP contribution in [0.5, 0.6) is 0 Å². The molecule has 0 aliphatic rings. The Hall–Kier alpha value is -3.38. The second-order valence-corrected chi connectivity index (χ2v) is 9.77. The molecule has 3 aromatic rings. The first-order valence-electron chi connectivity index (χ1n) is 11.5. The fraction of sp³-hybridized carbons (Fsp3) is 0.357. The first kappa shape index (κ1) is 25.2. The number of benzene rings is 2. The van der Waals surface area contributed by atoms with Crippen LogP contribution in [0.25, 0.3) is 5.69 Å². The Balaban J connectivity index is 1.96. The summed E-state index contributed by atoms with van der Waals surface area (Å²) in [5.74, 6) is 0. The summed E-state index contributed by atoms with van der Waals surface area (Å²) >= 11 is 0. The van der Waals surface area contributed by atoms with E-state index in [1.54, 1.807) is 31.4 Å². The van der Waals surface area contributed by atoms with Gasteiger partial charge in [-0.25, -0.2) is 4.79 Å². The van der Waals surface area contributed by atoms with Crippen molar-refractivity contribution in [1.29, 1.82) is 0 Å². The van der Waals surface area contributed by atoms with E-state index in [0.717, 1.165) is 22.4 Å². The van der Waals surface area contributed by atoms with Crippen LogP contribution >= 0.6 is 0 Å². The van der Waals surface area contributed by atoms with Gasteiger partial charge in [0.25, 0.3) is 5.56 Å². The molecule has 2 unspecified atom stereocenters. The molecule has 2 atom stereocenters. The number of aliphatic hydroxyl groups is 1. The number of carbonyl (C=O) groups excluding carboxylic acids is 1. The van der Waals surface area contributed by atoms with Gasteiger partial charge in [-0.1, -0.05) is 36.4 Å². The molecule has 3 rings (SSSR count). The zero-order valence-corrected chi connectivity index (χ0v) is 20.8. The van der Waals surface area contributed by atoms with E-state index < -0.39 is 23.8 Å². The molecule has 1 aromatic heterocycles. The van der Waals surface area contributed by atoms with E-state index in [9.17, 15) is 14.7 Å². The maximum Gasteiger partial charge on any atom is 0.407 e. The summed E-state index contributed by atoms with van der Waals surface area (Å²) in [5, 5.41) is 14.1. The van der Waals surface area contributed by atoms with Gasteiger partial charge in [-0.2, -0.15) is 0 Å². The van der Waals surface area contributed by atoms with Crippen LogP contribution in [0.1, 0.15) is 54.8 Å².